The molecule has 0 unspecified atom stereocenters. The summed E-state index contributed by atoms with van der Waals surface area (Å²) < 4.78 is 0. The van der Waals surface area contributed by atoms with Crippen LogP contribution in [-0.4, -0.2) is 47.9 Å². The van der Waals surface area contributed by atoms with E-state index in [1.807, 2.05) is 18.7 Å². The number of carbonyl (C=O) groups is 1. The number of terminal acetylenes is 1. The van der Waals surface area contributed by atoms with Gasteiger partial charge >= 0.3 is 0 Å². The molecule has 0 aromatic heterocycles. The van der Waals surface area contributed by atoms with Crippen molar-refractivity contribution in [1.29, 1.82) is 0 Å². The summed E-state index contributed by atoms with van der Waals surface area (Å²) in [6.07, 6.45) is 7.41. The Bertz CT molecular complexity index is 242. The number of nitrogens with zero attached hydrogens (tertiary/aromatic N) is 2. The van der Waals surface area contributed by atoms with Crippen LogP contribution in [0.5, 0.6) is 0 Å². The average molecular weight is 194 g/mol. The molecule has 1 aliphatic rings. The largest absolute Gasteiger partial charge is 0.344 e. The molecule has 1 fully saturated rings. The van der Waals surface area contributed by atoms with Gasteiger partial charge in [0.2, 0.25) is 6.41 Å². The van der Waals surface area contributed by atoms with Crippen LogP contribution in [0.1, 0.15) is 20.3 Å². The quantitative estimate of drug-likeness (QED) is 0.474. The molecule has 3 nitrogen and oxygen atoms in total. The molecule has 78 valence electrons. The zero-order valence-corrected chi connectivity index (χ0v) is 8.99. The first-order chi connectivity index (χ1) is 6.60. The SMILES string of the molecule is C#CC(C)(C)N1CCCN(C=O)CC1. The van der Waals surface area contributed by atoms with Gasteiger partial charge in [0.05, 0.1) is 5.54 Å². The molecule has 0 N–H and O–H groups in total. The van der Waals surface area contributed by atoms with Crippen LogP contribution in [0, 0.1) is 12.3 Å². The van der Waals surface area contributed by atoms with Gasteiger partial charge in [0.1, 0.15) is 0 Å². The van der Waals surface area contributed by atoms with Gasteiger partial charge in [0, 0.05) is 26.2 Å². The Hall–Kier alpha value is -1.01. The highest BCUT2D eigenvalue weighted by Gasteiger charge is 2.25. The first kappa shape index (κ1) is 11.1. The molecule has 0 saturated carbocycles. The lowest BCUT2D eigenvalue weighted by molar-refractivity contribution is -0.118. The van der Waals surface area contributed by atoms with Crippen molar-refractivity contribution in [3.05, 3.63) is 0 Å². The molecule has 0 aliphatic carbocycles. The van der Waals surface area contributed by atoms with Gasteiger partial charge in [-0.2, -0.15) is 0 Å². The lowest BCUT2D eigenvalue weighted by Crippen LogP contribution is -2.44. The van der Waals surface area contributed by atoms with Crippen LogP contribution < -0.4 is 0 Å². The van der Waals surface area contributed by atoms with E-state index in [0.717, 1.165) is 39.0 Å². The van der Waals surface area contributed by atoms with Crippen molar-refractivity contribution in [2.24, 2.45) is 0 Å². The molecule has 14 heavy (non-hydrogen) atoms. The molecule has 0 atom stereocenters. The van der Waals surface area contributed by atoms with Crippen molar-refractivity contribution in [2.75, 3.05) is 26.2 Å². The molecule has 1 aliphatic heterocycles. The fraction of sp³-hybridized carbons (Fsp3) is 0.727. The molecule has 0 aromatic rings. The van der Waals surface area contributed by atoms with E-state index >= 15 is 0 Å². The highest BCUT2D eigenvalue weighted by molar-refractivity contribution is 5.46. The van der Waals surface area contributed by atoms with Crippen LogP contribution in [0.2, 0.25) is 0 Å². The van der Waals surface area contributed by atoms with Crippen molar-refractivity contribution in [3.63, 3.8) is 0 Å². The van der Waals surface area contributed by atoms with Crippen molar-refractivity contribution in [3.8, 4) is 12.3 Å². The number of amides is 1. The molecular formula is C11H18N2O. The third-order valence-electron chi connectivity index (χ3n) is 2.82. The number of hydrogen-bond donors (Lipinski definition) is 0. The van der Waals surface area contributed by atoms with E-state index in [-0.39, 0.29) is 5.54 Å². The Labute approximate surface area is 86.1 Å². The monoisotopic (exact) mass is 194 g/mol. The Morgan fingerprint density at radius 3 is 2.57 bits per heavy atom. The predicted molar refractivity (Wildman–Crippen MR) is 56.7 cm³/mol. The van der Waals surface area contributed by atoms with E-state index in [4.69, 9.17) is 6.42 Å². The first-order valence-electron chi connectivity index (χ1n) is 5.02. The van der Waals surface area contributed by atoms with Crippen LogP contribution >= 0.6 is 0 Å². The summed E-state index contributed by atoms with van der Waals surface area (Å²) in [7, 11) is 0. The number of hydrogen-bond acceptors (Lipinski definition) is 2. The maximum absolute atomic E-state index is 10.6. The lowest BCUT2D eigenvalue weighted by atomic mass is 10.0. The molecule has 0 aromatic carbocycles. The van der Waals surface area contributed by atoms with Crippen LogP contribution in [0.4, 0.5) is 0 Å². The third kappa shape index (κ3) is 2.49. The second-order valence-electron chi connectivity index (χ2n) is 4.19. The van der Waals surface area contributed by atoms with E-state index in [1.54, 1.807) is 0 Å². The average Bonchev–Trinajstić information content (AvgIpc) is 2.42. The minimum Gasteiger partial charge on any atom is -0.344 e. The van der Waals surface area contributed by atoms with E-state index in [0.29, 0.717) is 0 Å². The Balaban J connectivity index is 2.59. The summed E-state index contributed by atoms with van der Waals surface area (Å²) in [4.78, 5) is 14.7. The summed E-state index contributed by atoms with van der Waals surface area (Å²) in [5.74, 6) is 2.79. The van der Waals surface area contributed by atoms with E-state index < -0.39 is 0 Å². The topological polar surface area (TPSA) is 23.6 Å². The lowest BCUT2D eigenvalue weighted by Gasteiger charge is -2.33. The Morgan fingerprint density at radius 1 is 1.29 bits per heavy atom. The van der Waals surface area contributed by atoms with Crippen molar-refractivity contribution < 1.29 is 4.79 Å². The smallest absolute Gasteiger partial charge is 0.209 e. The minimum absolute atomic E-state index is 0.196. The van der Waals surface area contributed by atoms with Crippen molar-refractivity contribution in [1.82, 2.24) is 9.80 Å². The fourth-order valence-electron chi connectivity index (χ4n) is 1.69. The second-order valence-corrected chi connectivity index (χ2v) is 4.19. The molecule has 0 radical (unpaired) electrons. The highest BCUT2D eigenvalue weighted by atomic mass is 16.1. The van der Waals surface area contributed by atoms with Crippen LogP contribution in [0.25, 0.3) is 0 Å². The third-order valence-corrected chi connectivity index (χ3v) is 2.82. The number of rotatable bonds is 2. The summed E-state index contributed by atoms with van der Waals surface area (Å²) in [6, 6.07) is 0. The fourth-order valence-corrected chi connectivity index (χ4v) is 1.69. The Kier molecular flexibility index (Phi) is 3.54. The second kappa shape index (κ2) is 4.47. The maximum atomic E-state index is 10.6. The first-order valence-corrected chi connectivity index (χ1v) is 5.02. The standard InChI is InChI=1S/C11H18N2O/c1-4-11(2,3)13-7-5-6-12(10-14)8-9-13/h1,10H,5-9H2,2-3H3. The van der Waals surface area contributed by atoms with Crippen molar-refractivity contribution in [2.45, 2.75) is 25.8 Å². The van der Waals surface area contributed by atoms with E-state index in [2.05, 4.69) is 10.8 Å². The van der Waals surface area contributed by atoms with Gasteiger partial charge in [-0.25, -0.2) is 0 Å². The zero-order valence-electron chi connectivity index (χ0n) is 8.99. The van der Waals surface area contributed by atoms with Gasteiger partial charge in [-0.15, -0.1) is 6.42 Å². The van der Waals surface area contributed by atoms with Gasteiger partial charge in [-0.3, -0.25) is 9.69 Å². The maximum Gasteiger partial charge on any atom is 0.209 e. The molecule has 0 spiro atoms. The molecule has 1 rings (SSSR count). The molecule has 0 bridgehead atoms. The zero-order chi connectivity index (χ0) is 10.6. The highest BCUT2D eigenvalue weighted by Crippen LogP contribution is 2.15. The molecule has 1 heterocycles. The summed E-state index contributed by atoms with van der Waals surface area (Å²) in [5, 5.41) is 0. The summed E-state index contributed by atoms with van der Waals surface area (Å²) >= 11 is 0. The van der Waals surface area contributed by atoms with Gasteiger partial charge in [0.15, 0.2) is 0 Å². The minimum atomic E-state index is -0.196. The van der Waals surface area contributed by atoms with Gasteiger partial charge in [-0.1, -0.05) is 5.92 Å². The number of carbonyl (C=O) groups excluding carboxylic acids is 1. The Morgan fingerprint density at radius 2 is 2.00 bits per heavy atom. The molecule has 1 amide bonds. The van der Waals surface area contributed by atoms with Crippen molar-refractivity contribution >= 4 is 6.41 Å². The molecule has 3 heteroatoms. The van der Waals surface area contributed by atoms with Gasteiger partial charge < -0.3 is 4.90 Å². The summed E-state index contributed by atoms with van der Waals surface area (Å²) in [5.41, 5.74) is -0.196. The molecule has 1 saturated heterocycles. The van der Waals surface area contributed by atoms with Gasteiger partial charge in [-0.05, 0) is 20.3 Å². The van der Waals surface area contributed by atoms with Crippen LogP contribution in [0.15, 0.2) is 0 Å². The van der Waals surface area contributed by atoms with E-state index in [1.165, 1.54) is 0 Å². The van der Waals surface area contributed by atoms with Crippen LogP contribution in [-0.2, 0) is 4.79 Å². The predicted octanol–water partition coefficient (Wildman–Crippen LogP) is 0.562. The van der Waals surface area contributed by atoms with Gasteiger partial charge in [0.25, 0.3) is 0 Å². The normalized spacial score (nSPS) is 19.9. The summed E-state index contributed by atoms with van der Waals surface area (Å²) in [6.45, 7) is 7.57. The molecular weight excluding hydrogens is 176 g/mol. The van der Waals surface area contributed by atoms with Crippen LogP contribution in [0.3, 0.4) is 0 Å². The van der Waals surface area contributed by atoms with E-state index in [9.17, 15) is 4.79 Å².